The molecule has 0 saturated carbocycles. The van der Waals surface area contributed by atoms with Crippen molar-refractivity contribution in [2.45, 2.75) is 13.8 Å². The van der Waals surface area contributed by atoms with E-state index in [1.807, 2.05) is 0 Å². The van der Waals surface area contributed by atoms with Crippen LogP contribution in [0.25, 0.3) is 0 Å². The number of hydrogen-bond donors (Lipinski definition) is 2. The molecule has 2 N–H and O–H groups in total. The average molecular weight is 337 g/mol. The summed E-state index contributed by atoms with van der Waals surface area (Å²) in [6, 6.07) is 8.40. The Balaban J connectivity index is 1.68. The number of aromatic nitrogens is 3. The molecule has 0 aliphatic carbocycles. The van der Waals surface area contributed by atoms with E-state index in [0.29, 0.717) is 28.6 Å². The van der Waals surface area contributed by atoms with Gasteiger partial charge in [0.2, 0.25) is 0 Å². The van der Waals surface area contributed by atoms with E-state index in [0.717, 1.165) is 0 Å². The SMILES string of the molecule is CC(=O)c1cccc(NC(=O)c2cnc(Nc3cc(C)on3)cn2)c1. The summed E-state index contributed by atoms with van der Waals surface area (Å²) in [6.45, 7) is 3.24. The van der Waals surface area contributed by atoms with Crippen LogP contribution in [0, 0.1) is 6.92 Å². The van der Waals surface area contributed by atoms with E-state index in [9.17, 15) is 9.59 Å². The van der Waals surface area contributed by atoms with Gasteiger partial charge in [-0.3, -0.25) is 9.59 Å². The molecule has 2 aromatic heterocycles. The Hall–Kier alpha value is -3.55. The Bertz CT molecular complexity index is 918. The van der Waals surface area contributed by atoms with Crippen LogP contribution < -0.4 is 10.6 Å². The molecule has 25 heavy (non-hydrogen) atoms. The van der Waals surface area contributed by atoms with Crippen LogP contribution in [0.5, 0.6) is 0 Å². The van der Waals surface area contributed by atoms with Gasteiger partial charge in [-0.05, 0) is 26.0 Å². The summed E-state index contributed by atoms with van der Waals surface area (Å²) >= 11 is 0. The van der Waals surface area contributed by atoms with E-state index in [1.54, 1.807) is 37.3 Å². The van der Waals surface area contributed by atoms with Crippen molar-refractivity contribution < 1.29 is 14.1 Å². The standard InChI is InChI=1S/C17H15N5O3/c1-10-6-15(22-25-10)21-16-9-18-14(8-19-16)17(24)20-13-5-3-4-12(7-13)11(2)23/h3-9H,1-2H3,(H,20,24)(H,19,21,22). The first-order valence-corrected chi connectivity index (χ1v) is 7.46. The number of aryl methyl sites for hydroxylation is 1. The number of carbonyl (C=O) groups excluding carboxylic acids is 2. The van der Waals surface area contributed by atoms with Gasteiger partial charge >= 0.3 is 0 Å². The molecule has 2 heterocycles. The quantitative estimate of drug-likeness (QED) is 0.689. The van der Waals surface area contributed by atoms with Crippen molar-refractivity contribution in [1.82, 2.24) is 15.1 Å². The first-order chi connectivity index (χ1) is 12.0. The lowest BCUT2D eigenvalue weighted by molar-refractivity contribution is 0.100. The van der Waals surface area contributed by atoms with Crippen LogP contribution in [0.15, 0.2) is 47.2 Å². The van der Waals surface area contributed by atoms with Gasteiger partial charge in [-0.25, -0.2) is 9.97 Å². The van der Waals surface area contributed by atoms with Gasteiger partial charge in [0.15, 0.2) is 11.6 Å². The number of amides is 1. The Morgan fingerprint density at radius 2 is 1.92 bits per heavy atom. The van der Waals surface area contributed by atoms with Crippen LogP contribution in [0.2, 0.25) is 0 Å². The third-order valence-electron chi connectivity index (χ3n) is 3.30. The molecule has 3 aromatic rings. The summed E-state index contributed by atoms with van der Waals surface area (Å²) in [5.41, 5.74) is 1.18. The van der Waals surface area contributed by atoms with Crippen LogP contribution in [-0.2, 0) is 0 Å². The molecule has 0 saturated heterocycles. The third kappa shape index (κ3) is 4.05. The van der Waals surface area contributed by atoms with Gasteiger partial charge in [-0.1, -0.05) is 17.3 Å². The van der Waals surface area contributed by atoms with Gasteiger partial charge < -0.3 is 15.2 Å². The molecular weight excluding hydrogens is 322 g/mol. The lowest BCUT2D eigenvalue weighted by Crippen LogP contribution is -2.14. The first-order valence-electron chi connectivity index (χ1n) is 7.46. The maximum atomic E-state index is 12.2. The van der Waals surface area contributed by atoms with Crippen molar-refractivity contribution in [2.24, 2.45) is 0 Å². The highest BCUT2D eigenvalue weighted by atomic mass is 16.5. The van der Waals surface area contributed by atoms with Gasteiger partial charge in [0.05, 0.1) is 12.4 Å². The third-order valence-corrected chi connectivity index (χ3v) is 3.30. The van der Waals surface area contributed by atoms with Gasteiger partial charge in [0.25, 0.3) is 5.91 Å². The van der Waals surface area contributed by atoms with Crippen LogP contribution in [-0.4, -0.2) is 26.8 Å². The summed E-state index contributed by atoms with van der Waals surface area (Å²) in [4.78, 5) is 31.8. The number of carbonyl (C=O) groups is 2. The zero-order valence-electron chi connectivity index (χ0n) is 13.6. The minimum atomic E-state index is -0.419. The highest BCUT2D eigenvalue weighted by molar-refractivity contribution is 6.03. The molecule has 0 radical (unpaired) electrons. The van der Waals surface area contributed by atoms with Crippen molar-refractivity contribution >= 4 is 29.0 Å². The number of hydrogen-bond acceptors (Lipinski definition) is 7. The second-order valence-electron chi connectivity index (χ2n) is 5.33. The Morgan fingerprint density at radius 3 is 2.56 bits per heavy atom. The van der Waals surface area contributed by atoms with Crippen molar-refractivity contribution in [3.05, 3.63) is 59.7 Å². The zero-order valence-corrected chi connectivity index (χ0v) is 13.6. The van der Waals surface area contributed by atoms with Crippen LogP contribution >= 0.6 is 0 Å². The number of anilines is 3. The van der Waals surface area contributed by atoms with E-state index in [2.05, 4.69) is 25.8 Å². The van der Waals surface area contributed by atoms with Crippen LogP contribution in [0.4, 0.5) is 17.3 Å². The molecule has 8 heteroatoms. The van der Waals surface area contributed by atoms with E-state index >= 15 is 0 Å². The first kappa shape index (κ1) is 16.3. The molecule has 1 amide bonds. The summed E-state index contributed by atoms with van der Waals surface area (Å²) in [5.74, 6) is 1.11. The van der Waals surface area contributed by atoms with Gasteiger partial charge in [-0.2, -0.15) is 0 Å². The number of benzene rings is 1. The molecule has 3 rings (SSSR count). The summed E-state index contributed by atoms with van der Waals surface area (Å²) in [5, 5.41) is 9.38. The minimum absolute atomic E-state index is 0.0746. The fourth-order valence-electron chi connectivity index (χ4n) is 2.08. The van der Waals surface area contributed by atoms with E-state index in [4.69, 9.17) is 4.52 Å². The Kier molecular flexibility index (Phi) is 4.51. The van der Waals surface area contributed by atoms with E-state index < -0.39 is 5.91 Å². The average Bonchev–Trinajstić information content (AvgIpc) is 3.00. The smallest absolute Gasteiger partial charge is 0.275 e. The Morgan fingerprint density at radius 1 is 1.08 bits per heavy atom. The lowest BCUT2D eigenvalue weighted by Gasteiger charge is -2.06. The molecule has 0 atom stereocenters. The summed E-state index contributed by atoms with van der Waals surface area (Å²) in [6.07, 6.45) is 2.77. The van der Waals surface area contributed by atoms with Crippen molar-refractivity contribution in [1.29, 1.82) is 0 Å². The number of nitrogens with one attached hydrogen (secondary N) is 2. The predicted octanol–water partition coefficient (Wildman–Crippen LogP) is 2.97. The lowest BCUT2D eigenvalue weighted by atomic mass is 10.1. The molecule has 0 fully saturated rings. The molecule has 0 spiro atoms. The molecular formula is C17H15N5O3. The number of nitrogens with zero attached hydrogens (tertiary/aromatic N) is 3. The molecule has 126 valence electrons. The van der Waals surface area contributed by atoms with E-state index in [1.165, 1.54) is 19.3 Å². The largest absolute Gasteiger partial charge is 0.360 e. The fourth-order valence-corrected chi connectivity index (χ4v) is 2.08. The van der Waals surface area contributed by atoms with Crippen LogP contribution in [0.3, 0.4) is 0 Å². The number of Topliss-reactive ketones (excluding diaryl/α,β-unsaturated/α-hetero) is 1. The van der Waals surface area contributed by atoms with Gasteiger partial charge in [0.1, 0.15) is 17.3 Å². The zero-order chi connectivity index (χ0) is 17.8. The highest BCUT2D eigenvalue weighted by Gasteiger charge is 2.10. The monoisotopic (exact) mass is 337 g/mol. The van der Waals surface area contributed by atoms with Crippen molar-refractivity contribution in [3.8, 4) is 0 Å². The molecule has 0 aliphatic heterocycles. The normalized spacial score (nSPS) is 10.3. The molecule has 0 unspecified atom stereocenters. The molecule has 0 aliphatic rings. The molecule has 1 aromatic carbocycles. The maximum absolute atomic E-state index is 12.2. The van der Waals surface area contributed by atoms with Crippen molar-refractivity contribution in [2.75, 3.05) is 10.6 Å². The van der Waals surface area contributed by atoms with Crippen molar-refractivity contribution in [3.63, 3.8) is 0 Å². The predicted molar refractivity (Wildman–Crippen MR) is 91.0 cm³/mol. The topological polar surface area (TPSA) is 110 Å². The summed E-state index contributed by atoms with van der Waals surface area (Å²) in [7, 11) is 0. The van der Waals surface area contributed by atoms with E-state index in [-0.39, 0.29) is 11.5 Å². The van der Waals surface area contributed by atoms with Crippen LogP contribution in [0.1, 0.15) is 33.5 Å². The number of rotatable bonds is 5. The molecule has 0 bridgehead atoms. The highest BCUT2D eigenvalue weighted by Crippen LogP contribution is 2.15. The number of ketones is 1. The van der Waals surface area contributed by atoms with Gasteiger partial charge in [-0.15, -0.1) is 0 Å². The van der Waals surface area contributed by atoms with Gasteiger partial charge in [0, 0.05) is 17.3 Å². The second kappa shape index (κ2) is 6.91. The second-order valence-corrected chi connectivity index (χ2v) is 5.33. The maximum Gasteiger partial charge on any atom is 0.275 e. The Labute approximate surface area is 143 Å². The fraction of sp³-hybridized carbons (Fsp3) is 0.118. The summed E-state index contributed by atoms with van der Waals surface area (Å²) < 4.78 is 4.94. The molecule has 8 nitrogen and oxygen atoms in total. The minimum Gasteiger partial charge on any atom is -0.360 e.